The van der Waals surface area contributed by atoms with Crippen molar-refractivity contribution in [2.45, 2.75) is 30.2 Å². The molecule has 106 valence electrons. The van der Waals surface area contributed by atoms with Crippen LogP contribution >= 0.6 is 0 Å². The van der Waals surface area contributed by atoms with Crippen LogP contribution in [0.15, 0.2) is 29.2 Å². The van der Waals surface area contributed by atoms with Crippen LogP contribution in [0.2, 0.25) is 0 Å². The first-order valence-electron chi connectivity index (χ1n) is 6.51. The summed E-state index contributed by atoms with van der Waals surface area (Å²) in [5.41, 5.74) is 6.50. The van der Waals surface area contributed by atoms with Gasteiger partial charge < -0.3 is 10.8 Å². The molecule has 1 saturated heterocycles. The predicted molar refractivity (Wildman–Crippen MR) is 73.2 cm³/mol. The largest absolute Gasteiger partial charge is 0.395 e. The van der Waals surface area contributed by atoms with Crippen molar-refractivity contribution in [3.05, 3.63) is 29.8 Å². The highest BCUT2D eigenvalue weighted by Crippen LogP contribution is 2.25. The minimum atomic E-state index is -3.49. The molecule has 0 aliphatic carbocycles. The van der Waals surface area contributed by atoms with Gasteiger partial charge in [0.2, 0.25) is 10.0 Å². The van der Waals surface area contributed by atoms with Gasteiger partial charge in [-0.3, -0.25) is 0 Å². The predicted octanol–water partition coefficient (Wildman–Crippen LogP) is 0.333. The summed E-state index contributed by atoms with van der Waals surface area (Å²) in [6.07, 6.45) is 2.26. The number of benzene rings is 1. The summed E-state index contributed by atoms with van der Waals surface area (Å²) in [4.78, 5) is 0.286. The summed E-state index contributed by atoms with van der Waals surface area (Å²) in [6, 6.07) is 6.54. The summed E-state index contributed by atoms with van der Waals surface area (Å²) >= 11 is 0. The third-order valence-electron chi connectivity index (χ3n) is 3.50. The summed E-state index contributed by atoms with van der Waals surface area (Å²) in [6.45, 7) is 0.910. The molecule has 6 heteroatoms. The van der Waals surface area contributed by atoms with Gasteiger partial charge in [0.1, 0.15) is 0 Å². The quantitative estimate of drug-likeness (QED) is 0.816. The van der Waals surface area contributed by atoms with E-state index in [2.05, 4.69) is 0 Å². The van der Waals surface area contributed by atoms with Gasteiger partial charge in [-0.15, -0.1) is 0 Å². The summed E-state index contributed by atoms with van der Waals surface area (Å²) in [5.74, 6) is 0. The molecule has 1 aliphatic rings. The van der Waals surface area contributed by atoms with Crippen molar-refractivity contribution in [2.24, 2.45) is 5.73 Å². The molecule has 1 heterocycles. The fraction of sp³-hybridized carbons (Fsp3) is 0.538. The maximum atomic E-state index is 12.5. The maximum Gasteiger partial charge on any atom is 0.243 e. The number of sulfonamides is 1. The first-order valence-corrected chi connectivity index (χ1v) is 7.95. The molecule has 0 bridgehead atoms. The Balaban J connectivity index is 2.24. The van der Waals surface area contributed by atoms with Gasteiger partial charge in [-0.1, -0.05) is 12.1 Å². The molecule has 0 saturated carbocycles. The average Bonchev–Trinajstić information content (AvgIpc) is 2.89. The highest BCUT2D eigenvalue weighted by Gasteiger charge is 2.34. The normalized spacial score (nSPS) is 20.8. The molecule has 1 fully saturated rings. The van der Waals surface area contributed by atoms with Gasteiger partial charge >= 0.3 is 0 Å². The molecule has 5 nitrogen and oxygen atoms in total. The van der Waals surface area contributed by atoms with Crippen LogP contribution in [0, 0.1) is 0 Å². The van der Waals surface area contributed by atoms with E-state index in [0.717, 1.165) is 24.8 Å². The number of nitrogens with two attached hydrogens (primary N) is 1. The molecule has 19 heavy (non-hydrogen) atoms. The van der Waals surface area contributed by atoms with Crippen LogP contribution in [0.4, 0.5) is 0 Å². The van der Waals surface area contributed by atoms with Gasteiger partial charge in [-0.2, -0.15) is 4.31 Å². The second-order valence-corrected chi connectivity index (χ2v) is 6.67. The lowest BCUT2D eigenvalue weighted by molar-refractivity contribution is 0.213. The van der Waals surface area contributed by atoms with Crippen LogP contribution in [0.25, 0.3) is 0 Å². The van der Waals surface area contributed by atoms with Crippen molar-refractivity contribution < 1.29 is 13.5 Å². The molecule has 3 N–H and O–H groups in total. The third-order valence-corrected chi connectivity index (χ3v) is 5.46. The smallest absolute Gasteiger partial charge is 0.243 e. The van der Waals surface area contributed by atoms with Gasteiger partial charge in [0.15, 0.2) is 0 Å². The molecular weight excluding hydrogens is 264 g/mol. The zero-order chi connectivity index (χ0) is 13.9. The molecule has 0 aromatic heterocycles. The zero-order valence-corrected chi connectivity index (χ0v) is 11.6. The van der Waals surface area contributed by atoms with Crippen LogP contribution < -0.4 is 5.73 Å². The summed E-state index contributed by atoms with van der Waals surface area (Å²) < 4.78 is 26.3. The topological polar surface area (TPSA) is 83.6 Å². The molecule has 1 aromatic rings. The van der Waals surface area contributed by atoms with Gasteiger partial charge in [0, 0.05) is 12.6 Å². The monoisotopic (exact) mass is 284 g/mol. The second-order valence-electron chi connectivity index (χ2n) is 4.78. The van der Waals surface area contributed by atoms with E-state index < -0.39 is 10.0 Å². The van der Waals surface area contributed by atoms with Gasteiger partial charge in [0.25, 0.3) is 0 Å². The Labute approximate surface area is 114 Å². The molecule has 0 amide bonds. The molecule has 1 aromatic carbocycles. The average molecular weight is 284 g/mol. The molecule has 2 rings (SSSR count). The van der Waals surface area contributed by atoms with Gasteiger partial charge in [-0.25, -0.2) is 8.42 Å². The fourth-order valence-corrected chi connectivity index (χ4v) is 4.12. The van der Waals surface area contributed by atoms with E-state index in [1.54, 1.807) is 24.3 Å². The minimum absolute atomic E-state index is 0.121. The number of aliphatic hydroxyl groups excluding tert-OH is 1. The lowest BCUT2D eigenvalue weighted by atomic mass is 10.2. The Morgan fingerprint density at radius 3 is 2.58 bits per heavy atom. The number of aliphatic hydroxyl groups is 1. The summed E-state index contributed by atoms with van der Waals surface area (Å²) in [7, 11) is -3.49. The van der Waals surface area contributed by atoms with Crippen molar-refractivity contribution in [3.8, 4) is 0 Å². The fourth-order valence-electron chi connectivity index (χ4n) is 2.44. The van der Waals surface area contributed by atoms with Crippen LogP contribution in [0.1, 0.15) is 18.4 Å². The molecule has 1 aliphatic heterocycles. The Morgan fingerprint density at radius 1 is 1.32 bits per heavy atom. The van der Waals surface area contributed by atoms with E-state index >= 15 is 0 Å². The van der Waals surface area contributed by atoms with E-state index in [4.69, 9.17) is 5.73 Å². The Morgan fingerprint density at radius 2 is 2.00 bits per heavy atom. The molecule has 0 spiro atoms. The van der Waals surface area contributed by atoms with Gasteiger partial charge in [-0.05, 0) is 43.5 Å². The first-order chi connectivity index (χ1) is 9.09. The number of hydrogen-bond acceptors (Lipinski definition) is 4. The minimum Gasteiger partial charge on any atom is -0.395 e. The lowest BCUT2D eigenvalue weighted by Crippen LogP contribution is -2.37. The highest BCUT2D eigenvalue weighted by molar-refractivity contribution is 7.89. The zero-order valence-electron chi connectivity index (χ0n) is 10.8. The van der Waals surface area contributed by atoms with E-state index in [9.17, 15) is 13.5 Å². The van der Waals surface area contributed by atoms with Crippen molar-refractivity contribution >= 4 is 10.0 Å². The molecule has 1 atom stereocenters. The number of hydrogen-bond donors (Lipinski definition) is 2. The van der Waals surface area contributed by atoms with Crippen LogP contribution in [0.5, 0.6) is 0 Å². The first kappa shape index (κ1) is 14.5. The van der Waals surface area contributed by atoms with E-state index in [1.165, 1.54) is 4.31 Å². The Kier molecular flexibility index (Phi) is 4.57. The Bertz CT molecular complexity index is 513. The number of rotatable bonds is 5. The maximum absolute atomic E-state index is 12.5. The molecule has 1 unspecified atom stereocenters. The molecule has 0 radical (unpaired) electrons. The van der Waals surface area contributed by atoms with Crippen LogP contribution in [0.3, 0.4) is 0 Å². The van der Waals surface area contributed by atoms with Crippen LogP contribution in [-0.4, -0.2) is 43.6 Å². The van der Waals surface area contributed by atoms with E-state index in [-0.39, 0.29) is 17.5 Å². The highest BCUT2D eigenvalue weighted by atomic mass is 32.2. The Hall–Kier alpha value is -0.950. The van der Waals surface area contributed by atoms with Crippen molar-refractivity contribution in [2.75, 3.05) is 19.7 Å². The lowest BCUT2D eigenvalue weighted by Gasteiger charge is -2.22. The second kappa shape index (κ2) is 6.00. The standard InChI is InChI=1S/C13H20N2O3S/c14-8-7-11-3-5-13(6-4-11)19(17,18)15-9-1-2-12(15)10-16/h3-6,12,16H,1-2,7-10,14H2. The van der Waals surface area contributed by atoms with E-state index in [1.807, 2.05) is 0 Å². The van der Waals surface area contributed by atoms with Gasteiger partial charge in [0.05, 0.1) is 11.5 Å². The van der Waals surface area contributed by atoms with Crippen LogP contribution in [-0.2, 0) is 16.4 Å². The third kappa shape index (κ3) is 2.97. The van der Waals surface area contributed by atoms with Crippen molar-refractivity contribution in [3.63, 3.8) is 0 Å². The van der Waals surface area contributed by atoms with E-state index in [0.29, 0.717) is 13.1 Å². The molecular formula is C13H20N2O3S. The number of nitrogens with zero attached hydrogens (tertiary/aromatic N) is 1. The SMILES string of the molecule is NCCc1ccc(S(=O)(=O)N2CCCC2CO)cc1. The van der Waals surface area contributed by atoms with Crippen molar-refractivity contribution in [1.29, 1.82) is 0 Å². The summed E-state index contributed by atoms with van der Waals surface area (Å²) in [5, 5.41) is 9.24. The van der Waals surface area contributed by atoms with Crippen molar-refractivity contribution in [1.82, 2.24) is 4.31 Å².